The van der Waals surface area contributed by atoms with Gasteiger partial charge in [0, 0.05) is 10.9 Å². The predicted octanol–water partition coefficient (Wildman–Crippen LogP) is 3.71. The van der Waals surface area contributed by atoms with E-state index in [1.54, 1.807) is 25.3 Å². The minimum atomic E-state index is -0.505. The summed E-state index contributed by atoms with van der Waals surface area (Å²) in [4.78, 5) is 12.1. The van der Waals surface area contributed by atoms with Gasteiger partial charge in [0.2, 0.25) is 0 Å². The summed E-state index contributed by atoms with van der Waals surface area (Å²) in [5.41, 5.74) is 7.24. The van der Waals surface area contributed by atoms with Crippen LogP contribution in [-0.4, -0.2) is 19.2 Å². The Labute approximate surface area is 126 Å². The molecule has 0 aliphatic carbocycles. The lowest BCUT2D eigenvalue weighted by atomic mass is 10.0. The van der Waals surface area contributed by atoms with Gasteiger partial charge in [-0.25, -0.2) is 9.18 Å². The Kier molecular flexibility index (Phi) is 4.47. The average Bonchev–Trinajstić information content (AvgIpc) is 2.79. The minimum Gasteiger partial charge on any atom is -0.494 e. The molecular weight excluding hydrogens is 293 g/mol. The quantitative estimate of drug-likeness (QED) is 0.875. The summed E-state index contributed by atoms with van der Waals surface area (Å²) in [5, 5.41) is 2.07. The Hall–Kier alpha value is -2.08. The number of ether oxygens (including phenoxy) is 2. The molecule has 112 valence electrons. The Morgan fingerprint density at radius 3 is 2.67 bits per heavy atom. The van der Waals surface area contributed by atoms with Crippen molar-refractivity contribution in [3.8, 4) is 16.9 Å². The monoisotopic (exact) mass is 309 g/mol. The van der Waals surface area contributed by atoms with Gasteiger partial charge in [0.15, 0.2) is 11.6 Å². The normalized spacial score (nSPS) is 10.7. The van der Waals surface area contributed by atoms with Gasteiger partial charge < -0.3 is 15.2 Å². The van der Waals surface area contributed by atoms with E-state index in [0.717, 1.165) is 0 Å². The fourth-order valence-electron chi connectivity index (χ4n) is 1.90. The SMILES string of the molecule is COc1ccc(-c2csc(N)c2C(=O)OC(C)C)cc1F. The number of nitrogens with two attached hydrogens (primary N) is 1. The molecule has 0 unspecified atom stereocenters. The van der Waals surface area contributed by atoms with Crippen LogP contribution in [-0.2, 0) is 4.74 Å². The number of thiophene rings is 1. The van der Waals surface area contributed by atoms with Crippen LogP contribution < -0.4 is 10.5 Å². The van der Waals surface area contributed by atoms with Gasteiger partial charge in [-0.2, -0.15) is 0 Å². The van der Waals surface area contributed by atoms with Crippen molar-refractivity contribution in [1.29, 1.82) is 0 Å². The number of esters is 1. The van der Waals surface area contributed by atoms with Crippen molar-refractivity contribution < 1.29 is 18.7 Å². The summed E-state index contributed by atoms with van der Waals surface area (Å²) in [7, 11) is 1.39. The molecule has 2 rings (SSSR count). The maximum atomic E-state index is 13.8. The highest BCUT2D eigenvalue weighted by Gasteiger charge is 2.21. The van der Waals surface area contributed by atoms with Crippen molar-refractivity contribution in [1.82, 2.24) is 0 Å². The molecule has 6 heteroatoms. The minimum absolute atomic E-state index is 0.147. The maximum absolute atomic E-state index is 13.8. The van der Waals surface area contributed by atoms with Crippen LogP contribution in [0.25, 0.3) is 11.1 Å². The highest BCUT2D eigenvalue weighted by molar-refractivity contribution is 7.14. The van der Waals surface area contributed by atoms with E-state index in [1.165, 1.54) is 30.6 Å². The first-order valence-electron chi connectivity index (χ1n) is 6.36. The van der Waals surface area contributed by atoms with Crippen LogP contribution in [0.3, 0.4) is 0 Å². The molecule has 0 aliphatic rings. The fraction of sp³-hybridized carbons (Fsp3) is 0.267. The number of hydrogen-bond acceptors (Lipinski definition) is 5. The fourth-order valence-corrected chi connectivity index (χ4v) is 2.71. The second-order valence-electron chi connectivity index (χ2n) is 4.69. The third-order valence-electron chi connectivity index (χ3n) is 2.83. The molecular formula is C15H16FNO3S. The Morgan fingerprint density at radius 2 is 2.10 bits per heavy atom. The Bertz CT molecular complexity index is 667. The summed E-state index contributed by atoms with van der Waals surface area (Å²) in [6, 6.07) is 4.50. The van der Waals surface area contributed by atoms with E-state index in [4.69, 9.17) is 15.2 Å². The molecule has 0 spiro atoms. The number of hydrogen-bond donors (Lipinski definition) is 1. The zero-order valence-electron chi connectivity index (χ0n) is 12.0. The largest absolute Gasteiger partial charge is 0.494 e. The first-order valence-corrected chi connectivity index (χ1v) is 7.23. The molecule has 2 N–H and O–H groups in total. The van der Waals surface area contributed by atoms with Crippen LogP contribution in [0, 0.1) is 5.82 Å². The molecule has 0 fully saturated rings. The molecule has 4 nitrogen and oxygen atoms in total. The third-order valence-corrected chi connectivity index (χ3v) is 3.64. The lowest BCUT2D eigenvalue weighted by Crippen LogP contribution is -2.13. The molecule has 1 aromatic heterocycles. The number of anilines is 1. The molecule has 1 aromatic carbocycles. The molecule has 21 heavy (non-hydrogen) atoms. The van der Waals surface area contributed by atoms with E-state index in [1.807, 2.05) is 0 Å². The second kappa shape index (κ2) is 6.13. The standard InChI is InChI=1S/C15H16FNO3S/c1-8(2)20-15(18)13-10(7-21-14(13)17)9-4-5-12(19-3)11(16)6-9/h4-8H,17H2,1-3H3. The Balaban J connectivity index is 2.45. The zero-order chi connectivity index (χ0) is 15.6. The molecule has 2 aromatic rings. The topological polar surface area (TPSA) is 61.5 Å². The van der Waals surface area contributed by atoms with Crippen molar-refractivity contribution in [3.05, 3.63) is 35.0 Å². The van der Waals surface area contributed by atoms with Crippen molar-refractivity contribution in [2.45, 2.75) is 20.0 Å². The van der Waals surface area contributed by atoms with Gasteiger partial charge in [-0.1, -0.05) is 6.07 Å². The molecule has 0 bridgehead atoms. The van der Waals surface area contributed by atoms with E-state index >= 15 is 0 Å². The number of rotatable bonds is 4. The Morgan fingerprint density at radius 1 is 1.38 bits per heavy atom. The lowest BCUT2D eigenvalue weighted by molar-refractivity contribution is 0.0380. The number of carbonyl (C=O) groups excluding carboxylic acids is 1. The van der Waals surface area contributed by atoms with E-state index in [0.29, 0.717) is 16.1 Å². The summed E-state index contributed by atoms with van der Waals surface area (Å²) in [6.45, 7) is 3.51. The molecule has 0 radical (unpaired) electrons. The van der Waals surface area contributed by atoms with Crippen LogP contribution in [0.5, 0.6) is 5.75 Å². The van der Waals surface area contributed by atoms with Crippen molar-refractivity contribution in [2.75, 3.05) is 12.8 Å². The molecule has 0 aliphatic heterocycles. The van der Waals surface area contributed by atoms with Crippen LogP contribution in [0.15, 0.2) is 23.6 Å². The number of carbonyl (C=O) groups is 1. The van der Waals surface area contributed by atoms with Gasteiger partial charge in [-0.15, -0.1) is 11.3 Å². The summed E-state index contributed by atoms with van der Waals surface area (Å²) >= 11 is 1.22. The predicted molar refractivity (Wildman–Crippen MR) is 81.2 cm³/mol. The van der Waals surface area contributed by atoms with Crippen LogP contribution in [0.4, 0.5) is 9.39 Å². The van der Waals surface area contributed by atoms with Crippen molar-refractivity contribution in [3.63, 3.8) is 0 Å². The third kappa shape index (κ3) is 3.16. The number of nitrogen functional groups attached to an aromatic ring is 1. The van der Waals surface area contributed by atoms with E-state index in [2.05, 4.69) is 0 Å². The van der Waals surface area contributed by atoms with Gasteiger partial charge >= 0.3 is 5.97 Å². The lowest BCUT2D eigenvalue weighted by Gasteiger charge is -2.10. The van der Waals surface area contributed by atoms with Gasteiger partial charge in [-0.05, 0) is 31.5 Å². The zero-order valence-corrected chi connectivity index (χ0v) is 12.8. The van der Waals surface area contributed by atoms with Gasteiger partial charge in [0.05, 0.1) is 13.2 Å². The molecule has 0 atom stereocenters. The van der Waals surface area contributed by atoms with Crippen molar-refractivity contribution in [2.24, 2.45) is 0 Å². The second-order valence-corrected chi connectivity index (χ2v) is 5.60. The van der Waals surface area contributed by atoms with Crippen LogP contribution in [0.2, 0.25) is 0 Å². The molecule has 0 amide bonds. The van der Waals surface area contributed by atoms with E-state index < -0.39 is 11.8 Å². The highest BCUT2D eigenvalue weighted by Crippen LogP contribution is 2.35. The first-order chi connectivity index (χ1) is 9.93. The van der Waals surface area contributed by atoms with Crippen LogP contribution >= 0.6 is 11.3 Å². The summed E-state index contributed by atoms with van der Waals surface area (Å²) in [5.74, 6) is -0.855. The number of halogens is 1. The summed E-state index contributed by atoms with van der Waals surface area (Å²) < 4.78 is 23.9. The van der Waals surface area contributed by atoms with E-state index in [-0.39, 0.29) is 17.4 Å². The molecule has 1 heterocycles. The maximum Gasteiger partial charge on any atom is 0.342 e. The molecule has 0 saturated heterocycles. The van der Waals surface area contributed by atoms with Gasteiger partial charge in [0.1, 0.15) is 10.6 Å². The highest BCUT2D eigenvalue weighted by atomic mass is 32.1. The van der Waals surface area contributed by atoms with Gasteiger partial charge in [0.25, 0.3) is 0 Å². The first kappa shape index (κ1) is 15.3. The van der Waals surface area contributed by atoms with E-state index in [9.17, 15) is 9.18 Å². The van der Waals surface area contributed by atoms with Crippen LogP contribution in [0.1, 0.15) is 24.2 Å². The number of benzene rings is 1. The number of methoxy groups -OCH3 is 1. The van der Waals surface area contributed by atoms with Crippen molar-refractivity contribution >= 4 is 22.3 Å². The molecule has 0 saturated carbocycles. The summed E-state index contributed by atoms with van der Waals surface area (Å²) in [6.07, 6.45) is -0.253. The average molecular weight is 309 g/mol. The van der Waals surface area contributed by atoms with Gasteiger partial charge in [-0.3, -0.25) is 0 Å². The smallest absolute Gasteiger partial charge is 0.342 e.